The van der Waals surface area contributed by atoms with E-state index in [1.807, 2.05) is 0 Å². The standard InChI is InChI=1S/C31H42NO4/c1-18-12-23-22(30(3,4)16-19(2)31(23,5)6)14-21(18)25(33)15-24-27-20(10-11-32(24,7)8)13-26-28(29(27)34-9)36-17-35-26/h12-14,19,24H,10-11,15-17H2,1-9H3/q+1. The van der Waals surface area contributed by atoms with Crippen molar-refractivity contribution in [1.29, 1.82) is 0 Å². The maximum atomic E-state index is 14.1. The molecule has 0 amide bonds. The number of carbonyl (C=O) groups excluding carboxylic acids is 1. The zero-order valence-electron chi connectivity index (χ0n) is 23.5. The van der Waals surface area contributed by atoms with Gasteiger partial charge in [0.25, 0.3) is 0 Å². The van der Waals surface area contributed by atoms with Gasteiger partial charge >= 0.3 is 0 Å². The molecule has 1 aliphatic carbocycles. The van der Waals surface area contributed by atoms with Gasteiger partial charge in [-0.15, -0.1) is 0 Å². The van der Waals surface area contributed by atoms with Gasteiger partial charge in [0.1, 0.15) is 6.04 Å². The number of ether oxygens (including phenoxy) is 3. The fourth-order valence-corrected chi connectivity index (χ4v) is 6.90. The summed E-state index contributed by atoms with van der Waals surface area (Å²) < 4.78 is 18.1. The Bertz CT molecular complexity index is 1240. The van der Waals surface area contributed by atoms with Crippen LogP contribution in [0.4, 0.5) is 0 Å². The topological polar surface area (TPSA) is 44.8 Å². The molecule has 36 heavy (non-hydrogen) atoms. The number of carbonyl (C=O) groups is 1. The molecule has 2 aromatic carbocycles. The van der Waals surface area contributed by atoms with Crippen molar-refractivity contribution in [3.8, 4) is 17.2 Å². The van der Waals surface area contributed by atoms with Crippen molar-refractivity contribution in [3.05, 3.63) is 51.6 Å². The van der Waals surface area contributed by atoms with Crippen LogP contribution in [0.1, 0.15) is 91.7 Å². The number of likely N-dealkylation sites (N-methyl/N-ethyl adjacent to an activating group) is 1. The van der Waals surface area contributed by atoms with Gasteiger partial charge in [-0.25, -0.2) is 0 Å². The van der Waals surface area contributed by atoms with Gasteiger partial charge in [0.05, 0.1) is 39.7 Å². The molecule has 5 heteroatoms. The first kappa shape index (κ1) is 25.1. The average Bonchev–Trinajstić information content (AvgIpc) is 3.26. The van der Waals surface area contributed by atoms with Crippen LogP contribution in [0, 0.1) is 12.8 Å². The van der Waals surface area contributed by atoms with Gasteiger partial charge in [-0.3, -0.25) is 4.79 Å². The first-order valence-corrected chi connectivity index (χ1v) is 13.3. The van der Waals surface area contributed by atoms with Gasteiger partial charge in [0.15, 0.2) is 17.3 Å². The molecule has 0 aromatic heterocycles. The zero-order valence-corrected chi connectivity index (χ0v) is 23.5. The number of aryl methyl sites for hydroxylation is 1. The lowest BCUT2D eigenvalue weighted by atomic mass is 9.58. The lowest BCUT2D eigenvalue weighted by molar-refractivity contribution is -0.922. The molecule has 2 heterocycles. The minimum absolute atomic E-state index is 0.0226. The lowest BCUT2D eigenvalue weighted by Crippen LogP contribution is -2.48. The van der Waals surface area contributed by atoms with E-state index in [0.29, 0.717) is 18.1 Å². The number of hydrogen-bond donors (Lipinski definition) is 0. The molecule has 0 spiro atoms. The molecule has 194 valence electrons. The van der Waals surface area contributed by atoms with E-state index >= 15 is 0 Å². The number of fused-ring (bicyclic) bond motifs is 3. The van der Waals surface area contributed by atoms with E-state index in [0.717, 1.165) is 52.1 Å². The maximum absolute atomic E-state index is 14.1. The SMILES string of the molecule is COc1c2c(cc3c1C(CC(=O)c1cc4c(cc1C)C(C)(C)C(C)CC4(C)C)[N+](C)(C)CC3)OCO2. The fourth-order valence-electron chi connectivity index (χ4n) is 6.90. The van der Waals surface area contributed by atoms with Gasteiger partial charge in [-0.2, -0.15) is 0 Å². The van der Waals surface area contributed by atoms with Crippen molar-refractivity contribution < 1.29 is 23.5 Å². The molecule has 2 atom stereocenters. The molecule has 2 aromatic rings. The summed E-state index contributed by atoms with van der Waals surface area (Å²) in [5, 5.41) is 0. The minimum atomic E-state index is -0.0226. The van der Waals surface area contributed by atoms with Gasteiger partial charge in [-0.1, -0.05) is 40.7 Å². The lowest BCUT2D eigenvalue weighted by Gasteiger charge is -2.47. The Morgan fingerprint density at radius 1 is 1.11 bits per heavy atom. The van der Waals surface area contributed by atoms with Gasteiger partial charge in [-0.05, 0) is 64.5 Å². The highest BCUT2D eigenvalue weighted by Gasteiger charge is 2.44. The van der Waals surface area contributed by atoms with Crippen LogP contribution < -0.4 is 14.2 Å². The van der Waals surface area contributed by atoms with Crippen LogP contribution in [0.25, 0.3) is 0 Å². The first-order chi connectivity index (χ1) is 16.8. The second kappa shape index (κ2) is 8.24. The van der Waals surface area contributed by atoms with E-state index in [4.69, 9.17) is 14.2 Å². The monoisotopic (exact) mass is 492 g/mol. The van der Waals surface area contributed by atoms with E-state index in [9.17, 15) is 4.79 Å². The molecule has 3 aliphatic rings. The predicted molar refractivity (Wildman–Crippen MR) is 142 cm³/mol. The Labute approximate surface area is 216 Å². The highest BCUT2D eigenvalue weighted by atomic mass is 16.7. The van der Waals surface area contributed by atoms with Crippen molar-refractivity contribution >= 4 is 5.78 Å². The van der Waals surface area contributed by atoms with Crippen molar-refractivity contribution in [2.45, 2.75) is 77.7 Å². The predicted octanol–water partition coefficient (Wildman–Crippen LogP) is 6.27. The largest absolute Gasteiger partial charge is 0.492 e. The van der Waals surface area contributed by atoms with Crippen molar-refractivity contribution in [1.82, 2.24) is 0 Å². The number of methoxy groups -OCH3 is 1. The van der Waals surface area contributed by atoms with Crippen LogP contribution in [-0.4, -0.2) is 44.8 Å². The Morgan fingerprint density at radius 3 is 2.53 bits per heavy atom. The number of nitrogens with zero attached hydrogens (tertiary/aromatic N) is 1. The molecule has 0 bridgehead atoms. The second-order valence-electron chi connectivity index (χ2n) is 13.0. The highest BCUT2D eigenvalue weighted by molar-refractivity contribution is 5.98. The molecule has 0 fully saturated rings. The Kier molecular flexibility index (Phi) is 5.75. The van der Waals surface area contributed by atoms with E-state index in [2.05, 4.69) is 73.8 Å². The fraction of sp³-hybridized carbons (Fsp3) is 0.581. The van der Waals surface area contributed by atoms with Gasteiger partial charge < -0.3 is 18.7 Å². The summed E-state index contributed by atoms with van der Waals surface area (Å²) in [6.07, 6.45) is 2.46. The summed E-state index contributed by atoms with van der Waals surface area (Å²) in [5.74, 6) is 2.92. The summed E-state index contributed by atoms with van der Waals surface area (Å²) in [4.78, 5) is 14.1. The van der Waals surface area contributed by atoms with Crippen LogP contribution in [0.15, 0.2) is 18.2 Å². The van der Waals surface area contributed by atoms with Crippen molar-refractivity contribution in [2.24, 2.45) is 5.92 Å². The number of Topliss-reactive ketones (excluding diaryl/α,β-unsaturated/α-hetero) is 1. The third kappa shape index (κ3) is 3.73. The smallest absolute Gasteiger partial charge is 0.231 e. The van der Waals surface area contributed by atoms with Crippen LogP contribution in [0.3, 0.4) is 0 Å². The van der Waals surface area contributed by atoms with Crippen LogP contribution in [0.5, 0.6) is 17.2 Å². The van der Waals surface area contributed by atoms with E-state index < -0.39 is 0 Å². The number of ketones is 1. The summed E-state index contributed by atoms with van der Waals surface area (Å²) in [6, 6.07) is 6.59. The van der Waals surface area contributed by atoms with Gasteiger partial charge in [0, 0.05) is 12.0 Å². The molecular weight excluding hydrogens is 450 g/mol. The Hall–Kier alpha value is -2.53. The van der Waals surface area contributed by atoms with Crippen LogP contribution in [-0.2, 0) is 17.3 Å². The van der Waals surface area contributed by atoms with E-state index in [-0.39, 0.29) is 29.4 Å². The summed E-state index contributed by atoms with van der Waals surface area (Å²) >= 11 is 0. The Morgan fingerprint density at radius 2 is 1.83 bits per heavy atom. The van der Waals surface area contributed by atoms with Crippen LogP contribution in [0.2, 0.25) is 0 Å². The van der Waals surface area contributed by atoms with Crippen LogP contribution >= 0.6 is 0 Å². The van der Waals surface area contributed by atoms with Crippen molar-refractivity contribution in [2.75, 3.05) is 34.5 Å². The minimum Gasteiger partial charge on any atom is -0.492 e. The molecule has 0 N–H and O–H groups in total. The Balaban J connectivity index is 1.58. The van der Waals surface area contributed by atoms with Gasteiger partial charge in [0.2, 0.25) is 12.5 Å². The highest BCUT2D eigenvalue weighted by Crippen LogP contribution is 2.52. The van der Waals surface area contributed by atoms with E-state index in [1.165, 1.54) is 16.7 Å². The second-order valence-corrected chi connectivity index (χ2v) is 13.0. The summed E-state index contributed by atoms with van der Waals surface area (Å²) in [6.45, 7) is 15.0. The number of quaternary nitrogens is 1. The first-order valence-electron chi connectivity index (χ1n) is 13.3. The molecule has 2 aliphatic heterocycles. The molecule has 0 saturated carbocycles. The molecule has 5 rings (SSSR count). The quantitative estimate of drug-likeness (QED) is 0.373. The molecular formula is C31H42NO4+. The summed E-state index contributed by atoms with van der Waals surface area (Å²) in [7, 11) is 6.12. The van der Waals surface area contributed by atoms with Crippen molar-refractivity contribution in [3.63, 3.8) is 0 Å². The van der Waals surface area contributed by atoms with E-state index in [1.54, 1.807) is 7.11 Å². The number of rotatable bonds is 4. The third-order valence-electron chi connectivity index (χ3n) is 9.60. The summed E-state index contributed by atoms with van der Waals surface area (Å²) in [5.41, 5.74) is 7.10. The maximum Gasteiger partial charge on any atom is 0.231 e. The molecule has 0 saturated heterocycles. The molecule has 0 radical (unpaired) electrons. The molecule has 2 unspecified atom stereocenters. The number of hydrogen-bond acceptors (Lipinski definition) is 4. The normalized spacial score (nSPS) is 24.6. The number of benzene rings is 2. The average molecular weight is 493 g/mol. The third-order valence-corrected chi connectivity index (χ3v) is 9.60. The molecule has 5 nitrogen and oxygen atoms in total. The zero-order chi connectivity index (χ0) is 26.2.